The molecule has 0 atom stereocenters. The zero-order valence-electron chi connectivity index (χ0n) is 9.49. The fourth-order valence-electron chi connectivity index (χ4n) is 1.54. The lowest BCUT2D eigenvalue weighted by atomic mass is 10.2. The molecule has 6 heteroatoms. The summed E-state index contributed by atoms with van der Waals surface area (Å²) in [7, 11) is 0. The number of benzene rings is 2. The van der Waals surface area contributed by atoms with E-state index in [0.717, 1.165) is 0 Å². The summed E-state index contributed by atoms with van der Waals surface area (Å²) in [4.78, 5) is -0.122. The summed E-state index contributed by atoms with van der Waals surface area (Å²) >= 11 is 7.92. The molecule has 0 aromatic heterocycles. The van der Waals surface area contributed by atoms with Gasteiger partial charge in [-0.1, -0.05) is 34.2 Å². The van der Waals surface area contributed by atoms with Gasteiger partial charge in [-0.2, -0.15) is 0 Å². The van der Waals surface area contributed by atoms with Crippen molar-refractivity contribution < 1.29 is 13.5 Å². The van der Waals surface area contributed by atoms with Gasteiger partial charge in [-0.15, -0.1) is 0 Å². The fraction of sp³-hybridized carbons (Fsp3) is 0. The van der Waals surface area contributed by atoms with Gasteiger partial charge in [0.1, 0.15) is 28.1 Å². The van der Waals surface area contributed by atoms with E-state index in [1.165, 1.54) is 30.3 Å². The molecule has 0 aliphatic rings. The molecule has 0 aliphatic heterocycles. The van der Waals surface area contributed by atoms with Crippen LogP contribution in [-0.2, 0) is 0 Å². The van der Waals surface area contributed by atoms with Gasteiger partial charge < -0.3 is 10.5 Å². The molecule has 0 radical (unpaired) electrons. The Labute approximate surface area is 122 Å². The summed E-state index contributed by atoms with van der Waals surface area (Å²) < 4.78 is 32.8. The van der Waals surface area contributed by atoms with Crippen LogP contribution >= 0.6 is 28.1 Å². The highest BCUT2D eigenvalue weighted by Gasteiger charge is 2.13. The van der Waals surface area contributed by atoms with Crippen molar-refractivity contribution in [3.05, 3.63) is 58.1 Å². The molecular formula is C13H8BrF2NOS. The first-order valence-corrected chi connectivity index (χ1v) is 6.40. The van der Waals surface area contributed by atoms with Crippen molar-refractivity contribution in [2.45, 2.75) is 0 Å². The van der Waals surface area contributed by atoms with E-state index in [-0.39, 0.29) is 22.1 Å². The second-order valence-electron chi connectivity index (χ2n) is 3.68. The van der Waals surface area contributed by atoms with E-state index in [1.54, 1.807) is 6.07 Å². The van der Waals surface area contributed by atoms with Crippen LogP contribution in [0.4, 0.5) is 8.78 Å². The van der Waals surface area contributed by atoms with Crippen LogP contribution in [0.15, 0.2) is 40.9 Å². The minimum atomic E-state index is -0.583. The van der Waals surface area contributed by atoms with Crippen LogP contribution in [0.25, 0.3) is 0 Å². The molecule has 98 valence electrons. The Kier molecular flexibility index (Phi) is 4.11. The van der Waals surface area contributed by atoms with Crippen molar-refractivity contribution in [1.82, 2.24) is 0 Å². The zero-order valence-corrected chi connectivity index (χ0v) is 11.9. The molecule has 0 saturated carbocycles. The number of hydrogen-bond donors (Lipinski definition) is 1. The SMILES string of the molecule is NC(=S)c1c(F)cccc1Oc1cc(F)cc(Br)c1. The first-order valence-electron chi connectivity index (χ1n) is 5.19. The van der Waals surface area contributed by atoms with Crippen LogP contribution in [0.3, 0.4) is 0 Å². The normalized spacial score (nSPS) is 10.3. The van der Waals surface area contributed by atoms with Gasteiger partial charge in [-0.3, -0.25) is 0 Å². The molecule has 0 saturated heterocycles. The highest BCUT2D eigenvalue weighted by Crippen LogP contribution is 2.29. The summed E-state index contributed by atoms with van der Waals surface area (Å²) in [5.41, 5.74) is 5.45. The van der Waals surface area contributed by atoms with E-state index in [1.807, 2.05) is 0 Å². The average Bonchev–Trinajstić information content (AvgIpc) is 2.26. The van der Waals surface area contributed by atoms with Crippen LogP contribution in [-0.4, -0.2) is 4.99 Å². The topological polar surface area (TPSA) is 35.2 Å². The predicted molar refractivity (Wildman–Crippen MR) is 76.5 cm³/mol. The Balaban J connectivity index is 2.43. The number of nitrogens with two attached hydrogens (primary N) is 1. The third kappa shape index (κ3) is 3.27. The fourth-order valence-corrected chi connectivity index (χ4v) is 2.19. The van der Waals surface area contributed by atoms with E-state index in [0.29, 0.717) is 4.47 Å². The maximum Gasteiger partial charge on any atom is 0.140 e. The van der Waals surface area contributed by atoms with E-state index >= 15 is 0 Å². The van der Waals surface area contributed by atoms with Crippen LogP contribution in [0, 0.1) is 11.6 Å². The largest absolute Gasteiger partial charge is 0.456 e. The first-order chi connectivity index (χ1) is 8.97. The highest BCUT2D eigenvalue weighted by atomic mass is 79.9. The first kappa shape index (κ1) is 13.9. The summed E-state index contributed by atoms with van der Waals surface area (Å²) in [5.74, 6) is -0.696. The van der Waals surface area contributed by atoms with Crippen molar-refractivity contribution in [3.8, 4) is 11.5 Å². The van der Waals surface area contributed by atoms with Crippen molar-refractivity contribution in [2.75, 3.05) is 0 Å². The van der Waals surface area contributed by atoms with Crippen molar-refractivity contribution in [2.24, 2.45) is 5.73 Å². The maximum absolute atomic E-state index is 13.6. The van der Waals surface area contributed by atoms with Crippen LogP contribution in [0.2, 0.25) is 0 Å². The van der Waals surface area contributed by atoms with E-state index in [4.69, 9.17) is 22.7 Å². The Morgan fingerprint density at radius 2 is 1.95 bits per heavy atom. The minimum Gasteiger partial charge on any atom is -0.456 e. The molecule has 2 aromatic carbocycles. The Hall–Kier alpha value is -1.53. The number of hydrogen-bond acceptors (Lipinski definition) is 2. The summed E-state index contributed by atoms with van der Waals surface area (Å²) in [6.45, 7) is 0. The van der Waals surface area contributed by atoms with Gasteiger partial charge in [0.05, 0.1) is 5.56 Å². The molecule has 0 fully saturated rings. The Bertz CT molecular complexity index is 628. The quantitative estimate of drug-likeness (QED) is 0.850. The molecule has 2 rings (SSSR count). The third-order valence-electron chi connectivity index (χ3n) is 2.29. The summed E-state index contributed by atoms with van der Waals surface area (Å²) in [6, 6.07) is 8.21. The van der Waals surface area contributed by atoms with E-state index in [9.17, 15) is 8.78 Å². The van der Waals surface area contributed by atoms with Crippen LogP contribution in [0.1, 0.15) is 5.56 Å². The minimum absolute atomic E-state index is 0.00196. The van der Waals surface area contributed by atoms with Crippen molar-refractivity contribution in [3.63, 3.8) is 0 Å². The lowest BCUT2D eigenvalue weighted by Crippen LogP contribution is -2.13. The number of halogens is 3. The summed E-state index contributed by atoms with van der Waals surface area (Å²) in [5, 5.41) is 0. The van der Waals surface area contributed by atoms with Crippen molar-refractivity contribution in [1.29, 1.82) is 0 Å². The van der Waals surface area contributed by atoms with Crippen LogP contribution in [0.5, 0.6) is 11.5 Å². The third-order valence-corrected chi connectivity index (χ3v) is 2.95. The van der Waals surface area contributed by atoms with Gasteiger partial charge >= 0.3 is 0 Å². The van der Waals surface area contributed by atoms with Gasteiger partial charge in [0, 0.05) is 10.5 Å². The molecule has 19 heavy (non-hydrogen) atoms. The van der Waals surface area contributed by atoms with Gasteiger partial charge in [0.25, 0.3) is 0 Å². The molecule has 0 spiro atoms. The molecule has 0 unspecified atom stereocenters. The number of thiocarbonyl (C=S) groups is 1. The molecule has 0 aliphatic carbocycles. The molecule has 0 amide bonds. The van der Waals surface area contributed by atoms with E-state index < -0.39 is 11.6 Å². The second-order valence-corrected chi connectivity index (χ2v) is 5.04. The van der Waals surface area contributed by atoms with E-state index in [2.05, 4.69) is 15.9 Å². The lowest BCUT2D eigenvalue weighted by molar-refractivity contribution is 0.469. The standard InChI is InChI=1S/C13H8BrF2NOS/c14-7-4-8(15)6-9(5-7)18-11-3-1-2-10(16)12(11)13(17)19/h1-6H,(H2,17,19). The highest BCUT2D eigenvalue weighted by molar-refractivity contribution is 9.10. The Morgan fingerprint density at radius 3 is 2.58 bits per heavy atom. The lowest BCUT2D eigenvalue weighted by Gasteiger charge is -2.11. The predicted octanol–water partition coefficient (Wildman–Crippen LogP) is 4.15. The molecule has 2 aromatic rings. The Morgan fingerprint density at radius 1 is 1.21 bits per heavy atom. The molecular weight excluding hydrogens is 336 g/mol. The monoisotopic (exact) mass is 343 g/mol. The molecule has 2 N–H and O–H groups in total. The van der Waals surface area contributed by atoms with Gasteiger partial charge in [-0.25, -0.2) is 8.78 Å². The summed E-state index contributed by atoms with van der Waals surface area (Å²) in [6.07, 6.45) is 0. The second kappa shape index (κ2) is 5.63. The molecule has 2 nitrogen and oxygen atoms in total. The zero-order chi connectivity index (χ0) is 14.0. The average molecular weight is 344 g/mol. The molecule has 0 bridgehead atoms. The van der Waals surface area contributed by atoms with Gasteiger partial charge in [0.2, 0.25) is 0 Å². The maximum atomic E-state index is 13.6. The van der Waals surface area contributed by atoms with Gasteiger partial charge in [0.15, 0.2) is 0 Å². The number of rotatable bonds is 3. The van der Waals surface area contributed by atoms with Crippen molar-refractivity contribution >= 4 is 33.1 Å². The van der Waals surface area contributed by atoms with Crippen LogP contribution < -0.4 is 10.5 Å². The number of ether oxygens (including phenoxy) is 1. The van der Waals surface area contributed by atoms with Gasteiger partial charge in [-0.05, 0) is 24.3 Å². The smallest absolute Gasteiger partial charge is 0.140 e. The molecule has 0 heterocycles.